The fraction of sp³-hybridized carbons (Fsp3) is 0.923. The molecule has 0 aromatic heterocycles. The Bertz CT molecular complexity index is 113. The molecule has 2 heteroatoms. The Kier molecular flexibility index (Phi) is 25.8. The number of Topliss-reactive ketones (excluding diaryl/α,β-unsaturated/α-hetero) is 1. The predicted octanol–water partition coefficient (Wildman–Crippen LogP) is 3.65. The van der Waals surface area contributed by atoms with Crippen LogP contribution in [0, 0.1) is 5.92 Å². The minimum absolute atomic E-state index is 0.236. The number of carbonyl (C=O) groups excluding carboxylic acids is 1. The van der Waals surface area contributed by atoms with Crippen LogP contribution in [0.1, 0.15) is 60.8 Å². The molecule has 0 amide bonds. The summed E-state index contributed by atoms with van der Waals surface area (Å²) in [6.45, 7) is 12.7. The van der Waals surface area contributed by atoms with E-state index in [1.54, 1.807) is 6.92 Å². The van der Waals surface area contributed by atoms with E-state index in [-0.39, 0.29) is 5.92 Å². The van der Waals surface area contributed by atoms with Crippen LogP contribution in [0.15, 0.2) is 0 Å². The second-order valence-electron chi connectivity index (χ2n) is 3.01. The highest BCUT2D eigenvalue weighted by atomic mass is 16.1. The molecule has 0 saturated carbocycles. The average molecular weight is 217 g/mol. The number of carbonyl (C=O) groups is 1. The first kappa shape index (κ1) is 20.1. The van der Waals surface area contributed by atoms with Gasteiger partial charge in [0, 0.05) is 12.5 Å². The van der Waals surface area contributed by atoms with Gasteiger partial charge in [-0.25, -0.2) is 0 Å². The molecule has 94 valence electrons. The maximum atomic E-state index is 11.0. The molecule has 0 aliphatic heterocycles. The minimum Gasteiger partial charge on any atom is -0.319 e. The highest BCUT2D eigenvalue weighted by Gasteiger charge is 2.11. The van der Waals surface area contributed by atoms with Crippen molar-refractivity contribution in [2.75, 3.05) is 13.6 Å². The van der Waals surface area contributed by atoms with Crippen LogP contribution in [0.3, 0.4) is 0 Å². The van der Waals surface area contributed by atoms with Gasteiger partial charge in [0.15, 0.2) is 0 Å². The maximum absolute atomic E-state index is 11.0. The largest absolute Gasteiger partial charge is 0.319 e. The maximum Gasteiger partial charge on any atom is 0.134 e. The van der Waals surface area contributed by atoms with Crippen molar-refractivity contribution in [3.05, 3.63) is 0 Å². The van der Waals surface area contributed by atoms with Crippen LogP contribution in [-0.4, -0.2) is 19.4 Å². The molecule has 15 heavy (non-hydrogen) atoms. The van der Waals surface area contributed by atoms with Crippen LogP contribution < -0.4 is 5.32 Å². The second kappa shape index (κ2) is 19.2. The summed E-state index contributed by atoms with van der Waals surface area (Å²) in [7, 11) is 1.89. The fourth-order valence-corrected chi connectivity index (χ4v) is 1.15. The van der Waals surface area contributed by atoms with E-state index in [0.717, 1.165) is 19.4 Å². The highest BCUT2D eigenvalue weighted by Crippen LogP contribution is 2.08. The lowest BCUT2D eigenvalue weighted by molar-refractivity contribution is -0.120. The topological polar surface area (TPSA) is 29.1 Å². The van der Waals surface area contributed by atoms with Gasteiger partial charge in [-0.15, -0.1) is 0 Å². The van der Waals surface area contributed by atoms with Crippen LogP contribution in [0.2, 0.25) is 0 Å². The summed E-state index contributed by atoms with van der Waals surface area (Å²) in [5.41, 5.74) is 0. The van der Waals surface area contributed by atoms with Crippen molar-refractivity contribution in [1.29, 1.82) is 0 Å². The molecule has 0 heterocycles. The number of hydrogen-bond acceptors (Lipinski definition) is 2. The number of nitrogens with one attached hydrogen (secondary N) is 1. The van der Waals surface area contributed by atoms with E-state index in [0.29, 0.717) is 5.78 Å². The van der Waals surface area contributed by atoms with Crippen LogP contribution in [0.25, 0.3) is 0 Å². The van der Waals surface area contributed by atoms with Gasteiger partial charge in [-0.2, -0.15) is 0 Å². The lowest BCUT2D eigenvalue weighted by Gasteiger charge is -2.11. The summed E-state index contributed by atoms with van der Waals surface area (Å²) < 4.78 is 0. The van der Waals surface area contributed by atoms with Crippen molar-refractivity contribution < 1.29 is 4.79 Å². The molecule has 0 bridgehead atoms. The van der Waals surface area contributed by atoms with Crippen molar-refractivity contribution in [2.45, 2.75) is 60.8 Å². The Labute approximate surface area is 96.8 Å². The molecule has 0 aromatic rings. The quantitative estimate of drug-likeness (QED) is 0.735. The van der Waals surface area contributed by atoms with Crippen LogP contribution in [0.5, 0.6) is 0 Å². The Balaban J connectivity index is -0.000000318. The molecule has 0 radical (unpaired) electrons. The van der Waals surface area contributed by atoms with Gasteiger partial charge in [0.2, 0.25) is 0 Å². The normalized spacial score (nSPS) is 10.3. The summed E-state index contributed by atoms with van der Waals surface area (Å²) in [5, 5.41) is 3.04. The number of unbranched alkanes of at least 4 members (excludes halogenated alkanes) is 1. The molecule has 1 atom stereocenters. The SMILES string of the molecule is CC.CC.CCCCC(CNC)C(C)=O. The zero-order chi connectivity index (χ0) is 12.7. The molecule has 0 fully saturated rings. The third-order valence-electron chi connectivity index (χ3n) is 1.93. The van der Waals surface area contributed by atoms with Crippen molar-refractivity contribution in [3.8, 4) is 0 Å². The second-order valence-corrected chi connectivity index (χ2v) is 3.01. The van der Waals surface area contributed by atoms with Gasteiger partial charge in [0.1, 0.15) is 5.78 Å². The zero-order valence-corrected chi connectivity index (χ0v) is 11.8. The van der Waals surface area contributed by atoms with Gasteiger partial charge in [0.05, 0.1) is 0 Å². The first-order chi connectivity index (χ1) is 7.22. The molecule has 0 spiro atoms. The van der Waals surface area contributed by atoms with Crippen molar-refractivity contribution in [2.24, 2.45) is 5.92 Å². The average Bonchev–Trinajstić information content (AvgIpc) is 2.29. The lowest BCUT2D eigenvalue weighted by atomic mass is 9.98. The summed E-state index contributed by atoms with van der Waals surface area (Å²) in [5.74, 6) is 0.549. The molecule has 2 nitrogen and oxygen atoms in total. The van der Waals surface area contributed by atoms with Crippen LogP contribution in [0.4, 0.5) is 0 Å². The van der Waals surface area contributed by atoms with E-state index < -0.39 is 0 Å². The van der Waals surface area contributed by atoms with E-state index >= 15 is 0 Å². The summed E-state index contributed by atoms with van der Waals surface area (Å²) in [4.78, 5) is 11.0. The van der Waals surface area contributed by atoms with Gasteiger partial charge in [0.25, 0.3) is 0 Å². The van der Waals surface area contributed by atoms with Gasteiger partial charge in [-0.1, -0.05) is 47.5 Å². The third-order valence-corrected chi connectivity index (χ3v) is 1.93. The van der Waals surface area contributed by atoms with E-state index in [1.807, 2.05) is 34.7 Å². The van der Waals surface area contributed by atoms with Crippen LogP contribution >= 0.6 is 0 Å². The molecule has 1 N–H and O–H groups in total. The van der Waals surface area contributed by atoms with E-state index in [1.165, 1.54) is 6.42 Å². The summed E-state index contributed by atoms with van der Waals surface area (Å²) in [6.07, 6.45) is 3.37. The first-order valence-corrected chi connectivity index (χ1v) is 6.37. The molecule has 0 aliphatic rings. The molecule has 0 aliphatic carbocycles. The predicted molar refractivity (Wildman–Crippen MR) is 70.3 cm³/mol. The van der Waals surface area contributed by atoms with E-state index in [2.05, 4.69) is 12.2 Å². The van der Waals surface area contributed by atoms with Gasteiger partial charge in [-0.05, 0) is 20.4 Å². The molecule has 0 rings (SSSR count). The Hall–Kier alpha value is -0.370. The van der Waals surface area contributed by atoms with Gasteiger partial charge in [-0.3, -0.25) is 4.79 Å². The summed E-state index contributed by atoms with van der Waals surface area (Å²) >= 11 is 0. The molecule has 0 saturated heterocycles. The standard InChI is InChI=1S/C9H19NO.2C2H6/c1-4-5-6-9(7-10-3)8(2)11;2*1-2/h9-10H,4-7H2,1-3H3;2*1-2H3. The van der Waals surface area contributed by atoms with Gasteiger partial charge < -0.3 is 5.32 Å². The fourth-order valence-electron chi connectivity index (χ4n) is 1.15. The Morgan fingerprint density at radius 1 is 1.20 bits per heavy atom. The smallest absolute Gasteiger partial charge is 0.134 e. The first-order valence-electron chi connectivity index (χ1n) is 6.37. The molecular weight excluding hydrogens is 186 g/mol. The monoisotopic (exact) mass is 217 g/mol. The third kappa shape index (κ3) is 16.3. The number of rotatable bonds is 6. The van der Waals surface area contributed by atoms with Crippen molar-refractivity contribution >= 4 is 5.78 Å². The van der Waals surface area contributed by atoms with Gasteiger partial charge >= 0.3 is 0 Å². The highest BCUT2D eigenvalue weighted by molar-refractivity contribution is 5.78. The Morgan fingerprint density at radius 2 is 1.67 bits per heavy atom. The molecule has 0 aromatic carbocycles. The Morgan fingerprint density at radius 3 is 1.93 bits per heavy atom. The zero-order valence-electron chi connectivity index (χ0n) is 11.8. The van der Waals surface area contributed by atoms with Crippen molar-refractivity contribution in [1.82, 2.24) is 5.32 Å². The van der Waals surface area contributed by atoms with Crippen molar-refractivity contribution in [3.63, 3.8) is 0 Å². The summed E-state index contributed by atoms with van der Waals surface area (Å²) in [6, 6.07) is 0. The molecule has 1 unspecified atom stereocenters. The number of hydrogen-bond donors (Lipinski definition) is 1. The van der Waals surface area contributed by atoms with E-state index in [9.17, 15) is 4.79 Å². The van der Waals surface area contributed by atoms with Crippen LogP contribution in [-0.2, 0) is 4.79 Å². The number of ketones is 1. The van der Waals surface area contributed by atoms with E-state index in [4.69, 9.17) is 0 Å². The lowest BCUT2D eigenvalue weighted by Crippen LogP contribution is -2.24. The minimum atomic E-state index is 0.236. The molecular formula is C13H31NO.